The maximum atomic E-state index is 14.4. The SMILES string of the molecule is CCc1cc(OCC=C(Br)Br)cc(F)c1OCCCCCCON=C(C)C. The summed E-state index contributed by atoms with van der Waals surface area (Å²) in [6.45, 7) is 7.25. The lowest BCUT2D eigenvalue weighted by Crippen LogP contribution is -2.04. The second kappa shape index (κ2) is 14.0. The maximum absolute atomic E-state index is 14.4. The number of unbranched alkanes of at least 4 members (excludes halogenated alkanes) is 3. The van der Waals surface area contributed by atoms with Gasteiger partial charge in [0.1, 0.15) is 19.0 Å². The van der Waals surface area contributed by atoms with Gasteiger partial charge in [-0.2, -0.15) is 0 Å². The van der Waals surface area contributed by atoms with Crippen molar-refractivity contribution in [3.05, 3.63) is 33.0 Å². The van der Waals surface area contributed by atoms with Crippen LogP contribution in [0, 0.1) is 5.82 Å². The van der Waals surface area contributed by atoms with Crippen molar-refractivity contribution in [3.8, 4) is 11.5 Å². The van der Waals surface area contributed by atoms with E-state index in [1.807, 2.05) is 26.8 Å². The van der Waals surface area contributed by atoms with E-state index >= 15 is 0 Å². The fourth-order valence-corrected chi connectivity index (χ4v) is 2.57. The first-order valence-electron chi connectivity index (χ1n) is 9.16. The van der Waals surface area contributed by atoms with Crippen LogP contribution in [0.4, 0.5) is 4.39 Å². The predicted octanol–water partition coefficient (Wildman–Crippen LogP) is 6.75. The van der Waals surface area contributed by atoms with Gasteiger partial charge < -0.3 is 14.3 Å². The van der Waals surface area contributed by atoms with E-state index in [9.17, 15) is 4.39 Å². The molecule has 0 saturated heterocycles. The third-order valence-corrected chi connectivity index (χ3v) is 4.23. The zero-order valence-corrected chi connectivity index (χ0v) is 19.4. The minimum Gasteiger partial charge on any atom is -0.490 e. The van der Waals surface area contributed by atoms with Gasteiger partial charge in [0.15, 0.2) is 11.6 Å². The molecule has 0 aromatic heterocycles. The summed E-state index contributed by atoms with van der Waals surface area (Å²) in [7, 11) is 0. The molecule has 1 rings (SSSR count). The van der Waals surface area contributed by atoms with Crippen molar-refractivity contribution >= 4 is 37.6 Å². The van der Waals surface area contributed by atoms with Gasteiger partial charge in [-0.1, -0.05) is 12.1 Å². The quantitative estimate of drug-likeness (QED) is 0.168. The molecule has 0 aliphatic heterocycles. The van der Waals surface area contributed by atoms with Crippen LogP contribution in [0.3, 0.4) is 0 Å². The lowest BCUT2D eigenvalue weighted by atomic mass is 10.1. The van der Waals surface area contributed by atoms with Gasteiger partial charge in [0.2, 0.25) is 0 Å². The number of hydrogen-bond donors (Lipinski definition) is 0. The van der Waals surface area contributed by atoms with Crippen LogP contribution in [0.15, 0.2) is 26.8 Å². The highest BCUT2D eigenvalue weighted by Gasteiger charge is 2.12. The smallest absolute Gasteiger partial charge is 0.169 e. The van der Waals surface area contributed by atoms with E-state index in [-0.39, 0.29) is 5.82 Å². The molecule has 1 aromatic rings. The zero-order chi connectivity index (χ0) is 20.1. The zero-order valence-electron chi connectivity index (χ0n) is 16.2. The Morgan fingerprint density at radius 1 is 1.07 bits per heavy atom. The number of aryl methyl sites for hydroxylation is 1. The fraction of sp³-hybridized carbons (Fsp3) is 0.550. The predicted molar refractivity (Wildman–Crippen MR) is 116 cm³/mol. The van der Waals surface area contributed by atoms with Crippen LogP contribution in [0.25, 0.3) is 0 Å². The Labute approximate surface area is 178 Å². The van der Waals surface area contributed by atoms with E-state index in [2.05, 4.69) is 37.0 Å². The molecule has 0 atom stereocenters. The first kappa shape index (κ1) is 24.0. The van der Waals surface area contributed by atoms with Crippen LogP contribution in [-0.4, -0.2) is 25.5 Å². The molecule has 0 unspecified atom stereocenters. The van der Waals surface area contributed by atoms with Crippen molar-refractivity contribution in [2.75, 3.05) is 19.8 Å². The molecule has 0 N–H and O–H groups in total. The van der Waals surface area contributed by atoms with Gasteiger partial charge >= 0.3 is 0 Å². The van der Waals surface area contributed by atoms with Crippen LogP contribution in [0.2, 0.25) is 0 Å². The number of rotatable bonds is 13. The summed E-state index contributed by atoms with van der Waals surface area (Å²) < 4.78 is 26.4. The molecular weight excluding hydrogens is 481 g/mol. The highest BCUT2D eigenvalue weighted by Crippen LogP contribution is 2.29. The third kappa shape index (κ3) is 10.7. The monoisotopic (exact) mass is 507 g/mol. The van der Waals surface area contributed by atoms with Crippen molar-refractivity contribution in [2.24, 2.45) is 5.16 Å². The Balaban J connectivity index is 2.39. The topological polar surface area (TPSA) is 40.0 Å². The lowest BCUT2D eigenvalue weighted by Gasteiger charge is -2.14. The average molecular weight is 509 g/mol. The van der Waals surface area contributed by atoms with Gasteiger partial charge in [-0.05, 0) is 90.0 Å². The number of benzene rings is 1. The van der Waals surface area contributed by atoms with Gasteiger partial charge in [0.05, 0.1) is 15.7 Å². The molecule has 0 aliphatic carbocycles. The second-order valence-electron chi connectivity index (χ2n) is 6.19. The summed E-state index contributed by atoms with van der Waals surface area (Å²) in [5.41, 5.74) is 1.73. The molecule has 0 spiro atoms. The van der Waals surface area contributed by atoms with Gasteiger partial charge in [0.25, 0.3) is 0 Å². The van der Waals surface area contributed by atoms with Gasteiger partial charge in [-0.3, -0.25) is 0 Å². The highest BCUT2D eigenvalue weighted by molar-refractivity contribution is 9.28. The van der Waals surface area contributed by atoms with Gasteiger partial charge in [-0.15, -0.1) is 0 Å². The maximum Gasteiger partial charge on any atom is 0.169 e. The Bertz CT molecular complexity index is 628. The summed E-state index contributed by atoms with van der Waals surface area (Å²) >= 11 is 6.51. The Morgan fingerprint density at radius 3 is 2.41 bits per heavy atom. The lowest BCUT2D eigenvalue weighted by molar-refractivity contribution is 0.139. The number of oxime groups is 1. The molecule has 0 heterocycles. The largest absolute Gasteiger partial charge is 0.490 e. The normalized spacial score (nSPS) is 10.3. The fourth-order valence-electron chi connectivity index (χ4n) is 2.30. The molecule has 0 aliphatic rings. The van der Waals surface area contributed by atoms with Crippen molar-refractivity contribution < 1.29 is 18.7 Å². The van der Waals surface area contributed by atoms with Crippen molar-refractivity contribution in [2.45, 2.75) is 52.9 Å². The Morgan fingerprint density at radius 2 is 1.78 bits per heavy atom. The first-order valence-corrected chi connectivity index (χ1v) is 10.7. The van der Waals surface area contributed by atoms with E-state index in [1.54, 1.807) is 6.08 Å². The molecule has 0 bridgehead atoms. The third-order valence-electron chi connectivity index (χ3n) is 3.59. The molecule has 0 amide bonds. The first-order chi connectivity index (χ1) is 12.9. The highest BCUT2D eigenvalue weighted by atomic mass is 79.9. The molecule has 0 fully saturated rings. The Hall–Kier alpha value is -1.08. The molecule has 0 saturated carbocycles. The van der Waals surface area contributed by atoms with Gasteiger partial charge in [-0.25, -0.2) is 4.39 Å². The van der Waals surface area contributed by atoms with E-state index in [1.165, 1.54) is 6.07 Å². The summed E-state index contributed by atoms with van der Waals surface area (Å²) in [5.74, 6) is 0.449. The molecular formula is C20H28Br2FNO3. The molecule has 0 radical (unpaired) electrons. The van der Waals surface area contributed by atoms with Crippen LogP contribution < -0.4 is 9.47 Å². The van der Waals surface area contributed by atoms with Crippen LogP contribution in [0.5, 0.6) is 11.5 Å². The Kier molecular flexibility index (Phi) is 12.4. The average Bonchev–Trinajstić information content (AvgIpc) is 2.60. The van der Waals surface area contributed by atoms with Crippen LogP contribution in [0.1, 0.15) is 52.0 Å². The molecule has 7 heteroatoms. The molecule has 152 valence electrons. The second-order valence-corrected chi connectivity index (χ2v) is 8.96. The summed E-state index contributed by atoms with van der Waals surface area (Å²) in [6.07, 6.45) is 6.35. The van der Waals surface area contributed by atoms with Crippen LogP contribution >= 0.6 is 31.9 Å². The number of ether oxygens (including phenoxy) is 2. The van der Waals surface area contributed by atoms with E-state index < -0.39 is 0 Å². The van der Waals surface area contributed by atoms with Gasteiger partial charge in [0, 0.05) is 11.6 Å². The minimum atomic E-state index is -0.382. The molecule has 27 heavy (non-hydrogen) atoms. The molecule has 1 aromatic carbocycles. The number of nitrogens with zero attached hydrogens (tertiary/aromatic N) is 1. The number of hydrogen-bond acceptors (Lipinski definition) is 4. The summed E-state index contributed by atoms with van der Waals surface area (Å²) in [5, 5.41) is 3.89. The minimum absolute atomic E-state index is 0.332. The molecule has 4 nitrogen and oxygen atoms in total. The standard InChI is InChI=1S/C20H28Br2FNO3/c1-4-16-13-17(25-12-9-19(21)22)14-18(23)20(16)26-10-7-5-6-8-11-27-24-15(2)3/h9,13-14H,4-8,10-12H2,1-3H3. The van der Waals surface area contributed by atoms with Crippen molar-refractivity contribution in [3.63, 3.8) is 0 Å². The number of halogens is 3. The summed E-state index contributed by atoms with van der Waals surface area (Å²) in [6, 6.07) is 3.21. The van der Waals surface area contributed by atoms with E-state index in [0.29, 0.717) is 37.7 Å². The van der Waals surface area contributed by atoms with Crippen molar-refractivity contribution in [1.29, 1.82) is 0 Å². The van der Waals surface area contributed by atoms with Crippen molar-refractivity contribution in [1.82, 2.24) is 0 Å². The van der Waals surface area contributed by atoms with Crippen LogP contribution in [-0.2, 0) is 11.3 Å². The summed E-state index contributed by atoms with van der Waals surface area (Å²) in [4.78, 5) is 5.16. The van der Waals surface area contributed by atoms with E-state index in [0.717, 1.165) is 40.4 Å². The van der Waals surface area contributed by atoms with E-state index in [4.69, 9.17) is 14.3 Å².